The molecule has 2 heterocycles. The molecule has 0 atom stereocenters. The molecule has 104 valence electrons. The molecule has 0 unspecified atom stereocenters. The Morgan fingerprint density at radius 3 is 2.58 bits per heavy atom. The van der Waals surface area contributed by atoms with Crippen molar-refractivity contribution in [2.75, 3.05) is 32.8 Å². The number of carboxylic acids is 1. The average molecular weight is 266 g/mol. The van der Waals surface area contributed by atoms with Gasteiger partial charge in [0.05, 0.1) is 13.2 Å². The fraction of sp³-hybridized carbons (Fsp3) is 0.538. The van der Waals surface area contributed by atoms with Crippen LogP contribution in [0.1, 0.15) is 27.8 Å². The topological polar surface area (TPSA) is 71.8 Å². The zero-order valence-corrected chi connectivity index (χ0v) is 11.0. The monoisotopic (exact) mass is 266 g/mol. The van der Waals surface area contributed by atoms with Crippen LogP contribution in [-0.4, -0.2) is 59.2 Å². The molecule has 0 saturated carbocycles. The first-order chi connectivity index (χ1) is 9.08. The van der Waals surface area contributed by atoms with Gasteiger partial charge in [0.25, 0.3) is 0 Å². The van der Waals surface area contributed by atoms with Crippen LogP contribution in [-0.2, 0) is 11.3 Å². The molecule has 0 radical (unpaired) electrons. The van der Waals surface area contributed by atoms with E-state index in [2.05, 4.69) is 4.90 Å². The standard InChI is InChI=1S/C13H18N2O4/c1-10(16)11-8-12(13(17)18)15(9-11)3-2-14-4-6-19-7-5-14/h8-9H,2-7H2,1H3,(H,17,18). The molecule has 1 N–H and O–H groups in total. The molecule has 0 spiro atoms. The molecule has 1 saturated heterocycles. The second kappa shape index (κ2) is 5.99. The summed E-state index contributed by atoms with van der Waals surface area (Å²) in [6.45, 7) is 5.93. The highest BCUT2D eigenvalue weighted by Crippen LogP contribution is 2.10. The first kappa shape index (κ1) is 13.8. The Morgan fingerprint density at radius 1 is 1.32 bits per heavy atom. The first-order valence-electron chi connectivity index (χ1n) is 6.32. The van der Waals surface area contributed by atoms with Gasteiger partial charge in [-0.05, 0) is 13.0 Å². The van der Waals surface area contributed by atoms with Crippen LogP contribution in [0, 0.1) is 0 Å². The zero-order chi connectivity index (χ0) is 13.8. The lowest BCUT2D eigenvalue weighted by molar-refractivity contribution is 0.0361. The maximum Gasteiger partial charge on any atom is 0.352 e. The van der Waals surface area contributed by atoms with Gasteiger partial charge in [0.15, 0.2) is 5.78 Å². The SMILES string of the molecule is CC(=O)c1cc(C(=O)O)n(CCN2CCOCC2)c1. The molecule has 0 aromatic carbocycles. The summed E-state index contributed by atoms with van der Waals surface area (Å²) in [5.74, 6) is -1.12. The predicted molar refractivity (Wildman–Crippen MR) is 68.7 cm³/mol. The summed E-state index contributed by atoms with van der Waals surface area (Å²) in [5, 5.41) is 9.13. The summed E-state index contributed by atoms with van der Waals surface area (Å²) in [4.78, 5) is 24.7. The molecule has 1 aliphatic rings. The Kier molecular flexibility index (Phi) is 4.34. The van der Waals surface area contributed by atoms with Crippen molar-refractivity contribution in [3.63, 3.8) is 0 Å². The summed E-state index contributed by atoms with van der Waals surface area (Å²) in [7, 11) is 0. The highest BCUT2D eigenvalue weighted by atomic mass is 16.5. The number of hydrogen-bond acceptors (Lipinski definition) is 4. The van der Waals surface area contributed by atoms with E-state index in [4.69, 9.17) is 9.84 Å². The number of carboxylic acid groups (broad SMARTS) is 1. The van der Waals surface area contributed by atoms with Gasteiger partial charge in [0, 0.05) is 37.9 Å². The predicted octanol–water partition coefficient (Wildman–Crippen LogP) is 0.721. The van der Waals surface area contributed by atoms with Crippen molar-refractivity contribution in [2.45, 2.75) is 13.5 Å². The highest BCUT2D eigenvalue weighted by molar-refractivity contribution is 5.97. The third-order valence-electron chi connectivity index (χ3n) is 3.28. The van der Waals surface area contributed by atoms with E-state index in [0.29, 0.717) is 12.1 Å². The molecule has 2 rings (SSSR count). The van der Waals surface area contributed by atoms with E-state index >= 15 is 0 Å². The number of ether oxygens (including phenoxy) is 1. The molecule has 1 aliphatic heterocycles. The smallest absolute Gasteiger partial charge is 0.352 e. The van der Waals surface area contributed by atoms with Gasteiger partial charge in [0.2, 0.25) is 0 Å². The molecule has 0 bridgehead atoms. The summed E-state index contributed by atoms with van der Waals surface area (Å²) in [5.41, 5.74) is 0.609. The minimum atomic E-state index is -1.01. The van der Waals surface area contributed by atoms with Crippen LogP contribution >= 0.6 is 0 Å². The number of carbonyl (C=O) groups excluding carboxylic acids is 1. The minimum Gasteiger partial charge on any atom is -0.477 e. The largest absolute Gasteiger partial charge is 0.477 e. The number of ketones is 1. The van der Waals surface area contributed by atoms with Gasteiger partial charge in [0.1, 0.15) is 5.69 Å². The van der Waals surface area contributed by atoms with Crippen molar-refractivity contribution in [2.24, 2.45) is 0 Å². The Labute approximate surface area is 111 Å². The third-order valence-corrected chi connectivity index (χ3v) is 3.28. The van der Waals surface area contributed by atoms with Crippen LogP contribution in [0.15, 0.2) is 12.3 Å². The maximum absolute atomic E-state index is 11.3. The van der Waals surface area contributed by atoms with Gasteiger partial charge >= 0.3 is 5.97 Å². The van der Waals surface area contributed by atoms with Crippen molar-refractivity contribution in [3.05, 3.63) is 23.5 Å². The molecule has 6 nitrogen and oxygen atoms in total. The Bertz CT molecular complexity index is 475. The number of nitrogens with zero attached hydrogens (tertiary/aromatic N) is 2. The summed E-state index contributed by atoms with van der Waals surface area (Å²) in [6.07, 6.45) is 1.62. The van der Waals surface area contributed by atoms with Crippen LogP contribution in [0.25, 0.3) is 0 Å². The molecule has 1 aromatic rings. The second-order valence-electron chi connectivity index (χ2n) is 4.62. The van der Waals surface area contributed by atoms with Crippen molar-refractivity contribution in [1.82, 2.24) is 9.47 Å². The number of aromatic nitrogens is 1. The van der Waals surface area contributed by atoms with Gasteiger partial charge in [-0.1, -0.05) is 0 Å². The Balaban J connectivity index is 2.05. The van der Waals surface area contributed by atoms with Crippen molar-refractivity contribution in [1.29, 1.82) is 0 Å². The van der Waals surface area contributed by atoms with Crippen LogP contribution in [0.5, 0.6) is 0 Å². The lowest BCUT2D eigenvalue weighted by Gasteiger charge is -2.26. The fourth-order valence-corrected chi connectivity index (χ4v) is 2.14. The van der Waals surface area contributed by atoms with Crippen molar-refractivity contribution in [3.8, 4) is 0 Å². The number of carbonyl (C=O) groups is 2. The average Bonchev–Trinajstić information content (AvgIpc) is 2.82. The highest BCUT2D eigenvalue weighted by Gasteiger charge is 2.16. The molecular formula is C13H18N2O4. The van der Waals surface area contributed by atoms with Crippen LogP contribution in [0.2, 0.25) is 0 Å². The summed E-state index contributed by atoms with van der Waals surface area (Å²) >= 11 is 0. The third kappa shape index (κ3) is 3.42. The van der Waals surface area contributed by atoms with Gasteiger partial charge in [-0.2, -0.15) is 0 Å². The van der Waals surface area contributed by atoms with E-state index < -0.39 is 5.97 Å². The Hall–Kier alpha value is -1.66. The number of hydrogen-bond donors (Lipinski definition) is 1. The maximum atomic E-state index is 11.3. The van der Waals surface area contributed by atoms with Crippen molar-refractivity contribution >= 4 is 11.8 Å². The van der Waals surface area contributed by atoms with E-state index in [-0.39, 0.29) is 11.5 Å². The van der Waals surface area contributed by atoms with Crippen LogP contribution in [0.3, 0.4) is 0 Å². The van der Waals surface area contributed by atoms with E-state index in [1.54, 1.807) is 10.8 Å². The van der Waals surface area contributed by atoms with E-state index in [9.17, 15) is 9.59 Å². The molecule has 6 heteroatoms. The molecule has 0 amide bonds. The molecule has 0 aliphatic carbocycles. The van der Waals surface area contributed by atoms with Crippen LogP contribution in [0.4, 0.5) is 0 Å². The Morgan fingerprint density at radius 2 is 2.00 bits per heavy atom. The lowest BCUT2D eigenvalue weighted by Crippen LogP contribution is -2.38. The number of Topliss-reactive ketones (excluding diaryl/α,β-unsaturated/α-hetero) is 1. The van der Waals surface area contributed by atoms with E-state index in [1.807, 2.05) is 0 Å². The fourth-order valence-electron chi connectivity index (χ4n) is 2.14. The first-order valence-corrected chi connectivity index (χ1v) is 6.32. The van der Waals surface area contributed by atoms with Gasteiger partial charge < -0.3 is 14.4 Å². The van der Waals surface area contributed by atoms with Gasteiger partial charge in [-0.3, -0.25) is 9.69 Å². The zero-order valence-electron chi connectivity index (χ0n) is 11.0. The molecular weight excluding hydrogens is 248 g/mol. The van der Waals surface area contributed by atoms with E-state index in [0.717, 1.165) is 32.8 Å². The molecule has 19 heavy (non-hydrogen) atoms. The second-order valence-corrected chi connectivity index (χ2v) is 4.62. The number of rotatable bonds is 5. The van der Waals surface area contributed by atoms with Crippen LogP contribution < -0.4 is 0 Å². The lowest BCUT2D eigenvalue weighted by atomic mass is 10.2. The van der Waals surface area contributed by atoms with E-state index in [1.165, 1.54) is 13.0 Å². The quantitative estimate of drug-likeness (QED) is 0.795. The van der Waals surface area contributed by atoms with Crippen molar-refractivity contribution < 1.29 is 19.4 Å². The molecule has 1 aromatic heterocycles. The van der Waals surface area contributed by atoms with Gasteiger partial charge in [-0.25, -0.2) is 4.79 Å². The summed E-state index contributed by atoms with van der Waals surface area (Å²) in [6, 6.07) is 1.43. The normalized spacial score (nSPS) is 16.5. The minimum absolute atomic E-state index is 0.118. The summed E-state index contributed by atoms with van der Waals surface area (Å²) < 4.78 is 6.90. The number of morpholine rings is 1. The van der Waals surface area contributed by atoms with Gasteiger partial charge in [-0.15, -0.1) is 0 Å². The molecule has 1 fully saturated rings. The number of aromatic carboxylic acids is 1.